The van der Waals surface area contributed by atoms with Crippen LogP contribution >= 0.6 is 11.6 Å². The Bertz CT molecular complexity index is 574. The molecule has 4 heteroatoms. The first kappa shape index (κ1) is 13.0. The first-order valence-corrected chi connectivity index (χ1v) is 6.51. The zero-order valence-electron chi connectivity index (χ0n) is 10.7. The first-order chi connectivity index (χ1) is 8.65. The molecule has 2 aromatic rings. The van der Waals surface area contributed by atoms with Gasteiger partial charge >= 0.3 is 0 Å². The van der Waals surface area contributed by atoms with Crippen molar-refractivity contribution < 1.29 is 4.74 Å². The number of fused-ring (bicyclic) bond motifs is 1. The van der Waals surface area contributed by atoms with E-state index in [1.165, 1.54) is 0 Å². The van der Waals surface area contributed by atoms with Crippen molar-refractivity contribution in [2.24, 2.45) is 0 Å². The zero-order valence-corrected chi connectivity index (χ0v) is 11.5. The zero-order chi connectivity index (χ0) is 13.1. The second-order valence-electron chi connectivity index (χ2n) is 4.29. The quantitative estimate of drug-likeness (QED) is 0.607. The predicted molar refractivity (Wildman–Crippen MR) is 75.3 cm³/mol. The van der Waals surface area contributed by atoms with E-state index in [0.717, 1.165) is 34.7 Å². The van der Waals surface area contributed by atoms with E-state index in [9.17, 15) is 0 Å². The number of alkyl halides is 1. The number of hydrogen-bond acceptors (Lipinski definition) is 2. The molecule has 0 aliphatic heterocycles. The van der Waals surface area contributed by atoms with Gasteiger partial charge < -0.3 is 9.30 Å². The molecule has 0 amide bonds. The summed E-state index contributed by atoms with van der Waals surface area (Å²) in [5, 5.41) is 0. The van der Waals surface area contributed by atoms with Crippen LogP contribution in [0.2, 0.25) is 0 Å². The molecule has 3 nitrogen and oxygen atoms in total. The van der Waals surface area contributed by atoms with Crippen molar-refractivity contribution in [1.82, 2.24) is 9.55 Å². The molecule has 0 radical (unpaired) electrons. The lowest BCUT2D eigenvalue weighted by Crippen LogP contribution is -2.02. The van der Waals surface area contributed by atoms with Crippen LogP contribution in [0.25, 0.3) is 11.0 Å². The van der Waals surface area contributed by atoms with Gasteiger partial charge in [0, 0.05) is 12.6 Å². The lowest BCUT2D eigenvalue weighted by atomic mass is 10.3. The van der Waals surface area contributed by atoms with Crippen LogP contribution in [-0.4, -0.2) is 16.2 Å². The highest BCUT2D eigenvalue weighted by Crippen LogP contribution is 2.23. The first-order valence-electron chi connectivity index (χ1n) is 5.98. The fraction of sp³-hybridized carbons (Fsp3) is 0.357. The number of ether oxygens (including phenoxy) is 1. The fourth-order valence-electron chi connectivity index (χ4n) is 1.96. The minimum Gasteiger partial charge on any atom is -0.494 e. The van der Waals surface area contributed by atoms with Crippen molar-refractivity contribution in [2.45, 2.75) is 26.3 Å². The van der Waals surface area contributed by atoms with Gasteiger partial charge in [-0.15, -0.1) is 11.6 Å². The Morgan fingerprint density at radius 2 is 2.28 bits per heavy atom. The molecule has 0 fully saturated rings. The molecule has 0 unspecified atom stereocenters. The minimum absolute atomic E-state index is 0.395. The average molecular weight is 265 g/mol. The number of imidazole rings is 1. The van der Waals surface area contributed by atoms with E-state index in [1.807, 2.05) is 32.0 Å². The maximum Gasteiger partial charge on any atom is 0.125 e. The van der Waals surface area contributed by atoms with Gasteiger partial charge in [-0.05, 0) is 26.0 Å². The maximum atomic E-state index is 5.94. The molecule has 18 heavy (non-hydrogen) atoms. The average Bonchev–Trinajstić information content (AvgIpc) is 2.66. The molecule has 0 bridgehead atoms. The van der Waals surface area contributed by atoms with Crippen LogP contribution in [0.15, 0.2) is 30.4 Å². The molecule has 0 saturated carbocycles. The summed E-state index contributed by atoms with van der Waals surface area (Å²) in [5.74, 6) is 2.10. The van der Waals surface area contributed by atoms with Crippen molar-refractivity contribution in [3.8, 4) is 5.75 Å². The van der Waals surface area contributed by atoms with E-state index in [-0.39, 0.29) is 0 Å². The van der Waals surface area contributed by atoms with Gasteiger partial charge in [0.15, 0.2) is 0 Å². The van der Waals surface area contributed by atoms with Gasteiger partial charge in [0.05, 0.1) is 23.5 Å². The Kier molecular flexibility index (Phi) is 3.92. The van der Waals surface area contributed by atoms with Gasteiger partial charge in [0.2, 0.25) is 0 Å². The summed E-state index contributed by atoms with van der Waals surface area (Å²) in [6.45, 7) is 9.30. The number of benzene rings is 1. The molecule has 2 rings (SSSR count). The summed E-state index contributed by atoms with van der Waals surface area (Å²) in [6, 6.07) is 5.93. The molecule has 1 aromatic heterocycles. The Morgan fingerprint density at radius 1 is 1.50 bits per heavy atom. The van der Waals surface area contributed by atoms with Gasteiger partial charge in [-0.3, -0.25) is 0 Å². The number of halogens is 1. The van der Waals surface area contributed by atoms with Crippen molar-refractivity contribution >= 4 is 22.6 Å². The van der Waals surface area contributed by atoms with Crippen LogP contribution in [0.1, 0.15) is 19.7 Å². The smallest absolute Gasteiger partial charge is 0.125 e. The molecule has 0 atom stereocenters. The van der Waals surface area contributed by atoms with Crippen molar-refractivity contribution in [3.05, 3.63) is 36.2 Å². The Hall–Kier alpha value is -1.48. The second kappa shape index (κ2) is 5.44. The lowest BCUT2D eigenvalue weighted by molar-refractivity contribution is 0.340. The molecule has 1 heterocycles. The number of hydrogen-bond donors (Lipinski definition) is 0. The summed E-state index contributed by atoms with van der Waals surface area (Å²) in [4.78, 5) is 4.54. The molecule has 0 N–H and O–H groups in total. The number of nitrogens with zero attached hydrogens (tertiary/aromatic N) is 2. The van der Waals surface area contributed by atoms with Crippen molar-refractivity contribution in [3.63, 3.8) is 0 Å². The lowest BCUT2D eigenvalue weighted by Gasteiger charge is -2.07. The number of rotatable bonds is 5. The molecule has 1 aromatic carbocycles. The highest BCUT2D eigenvalue weighted by Gasteiger charge is 2.10. The monoisotopic (exact) mass is 264 g/mol. The van der Waals surface area contributed by atoms with Crippen LogP contribution in [0, 0.1) is 0 Å². The van der Waals surface area contributed by atoms with E-state index in [0.29, 0.717) is 12.5 Å². The summed E-state index contributed by atoms with van der Waals surface area (Å²) < 4.78 is 7.58. The molecule has 0 aliphatic carbocycles. The Labute approximate surface area is 112 Å². The van der Waals surface area contributed by atoms with Gasteiger partial charge in [-0.2, -0.15) is 0 Å². The van der Waals surface area contributed by atoms with Crippen LogP contribution in [0.5, 0.6) is 5.75 Å². The van der Waals surface area contributed by atoms with E-state index >= 15 is 0 Å². The molecule has 0 spiro atoms. The van der Waals surface area contributed by atoms with E-state index < -0.39 is 0 Å². The van der Waals surface area contributed by atoms with Gasteiger partial charge in [0.1, 0.15) is 11.6 Å². The molecule has 0 saturated heterocycles. The number of allylic oxidation sites excluding steroid dienone is 1. The summed E-state index contributed by atoms with van der Waals surface area (Å²) in [7, 11) is 0. The normalized spacial score (nSPS) is 10.8. The predicted octanol–water partition coefficient (Wildman–Crippen LogP) is 3.75. The van der Waals surface area contributed by atoms with E-state index in [4.69, 9.17) is 16.3 Å². The molecule has 96 valence electrons. The standard InChI is InChI=1S/C14H17ClN2O/c1-4-18-11-5-6-13-12(7-11)16-14(8-15)17(13)9-10(2)3/h5-7H,2,4,8-9H2,1,3H3. The largest absolute Gasteiger partial charge is 0.494 e. The van der Waals surface area contributed by atoms with Gasteiger partial charge in [-0.1, -0.05) is 12.2 Å². The Balaban J connectivity index is 2.51. The third-order valence-electron chi connectivity index (χ3n) is 2.66. The number of aromatic nitrogens is 2. The SMILES string of the molecule is C=C(C)Cn1c(CCl)nc2cc(OCC)ccc21. The third kappa shape index (κ3) is 2.51. The molecular formula is C14H17ClN2O. The fourth-order valence-corrected chi connectivity index (χ4v) is 2.17. The van der Waals surface area contributed by atoms with Gasteiger partial charge in [-0.25, -0.2) is 4.98 Å². The second-order valence-corrected chi connectivity index (χ2v) is 4.56. The van der Waals surface area contributed by atoms with Crippen molar-refractivity contribution in [2.75, 3.05) is 6.61 Å². The topological polar surface area (TPSA) is 27.1 Å². The molecule has 0 aliphatic rings. The summed E-state index contributed by atoms with van der Waals surface area (Å²) in [5.41, 5.74) is 3.06. The third-order valence-corrected chi connectivity index (χ3v) is 2.90. The summed E-state index contributed by atoms with van der Waals surface area (Å²) >= 11 is 5.94. The van der Waals surface area contributed by atoms with Crippen molar-refractivity contribution in [1.29, 1.82) is 0 Å². The Morgan fingerprint density at radius 3 is 2.89 bits per heavy atom. The maximum absolute atomic E-state index is 5.94. The van der Waals surface area contributed by atoms with Crippen LogP contribution in [0.4, 0.5) is 0 Å². The molecular weight excluding hydrogens is 248 g/mol. The highest BCUT2D eigenvalue weighted by molar-refractivity contribution is 6.16. The van der Waals surface area contributed by atoms with Crippen LogP contribution in [0.3, 0.4) is 0 Å². The van der Waals surface area contributed by atoms with E-state index in [1.54, 1.807) is 0 Å². The van der Waals surface area contributed by atoms with Crippen LogP contribution in [-0.2, 0) is 12.4 Å². The van der Waals surface area contributed by atoms with Gasteiger partial charge in [0.25, 0.3) is 0 Å². The highest BCUT2D eigenvalue weighted by atomic mass is 35.5. The summed E-state index contributed by atoms with van der Waals surface area (Å²) in [6.07, 6.45) is 0. The van der Waals surface area contributed by atoms with Crippen LogP contribution < -0.4 is 4.74 Å². The minimum atomic E-state index is 0.395. The van der Waals surface area contributed by atoms with E-state index in [2.05, 4.69) is 16.1 Å².